The Bertz CT molecular complexity index is 1000. The second-order valence-corrected chi connectivity index (χ2v) is 5.73. The van der Waals surface area contributed by atoms with Crippen LogP contribution in [-0.4, -0.2) is 35.8 Å². The summed E-state index contributed by atoms with van der Waals surface area (Å²) in [4.78, 5) is 25.9. The van der Waals surface area contributed by atoms with Crippen molar-refractivity contribution < 1.29 is 14.1 Å². The van der Waals surface area contributed by atoms with Crippen molar-refractivity contribution in [3.63, 3.8) is 0 Å². The van der Waals surface area contributed by atoms with Crippen LogP contribution in [-0.2, 0) is 6.54 Å². The number of carbonyl (C=O) groups excluding carboxylic acids is 1. The predicted molar refractivity (Wildman–Crippen MR) is 88.7 cm³/mol. The average molecular weight is 400 g/mol. The molecule has 0 bridgehead atoms. The minimum absolute atomic E-state index is 0.0741. The maximum Gasteiger partial charge on any atom is 0.362 e. The number of aromatic amines is 1. The van der Waals surface area contributed by atoms with Crippen LogP contribution in [0.1, 0.15) is 16.1 Å². The molecule has 2 heterocycles. The highest BCUT2D eigenvalue weighted by Crippen LogP contribution is 2.25. The largest absolute Gasteiger partial charge is 0.362 e. The number of halogens is 3. The molecule has 0 atom stereocenters. The zero-order valence-electron chi connectivity index (χ0n) is 12.6. The van der Waals surface area contributed by atoms with Crippen molar-refractivity contribution in [2.24, 2.45) is 0 Å². The molecule has 3 aromatic rings. The van der Waals surface area contributed by atoms with Gasteiger partial charge >= 0.3 is 5.82 Å². The van der Waals surface area contributed by atoms with Crippen LogP contribution in [0.25, 0.3) is 0 Å². The summed E-state index contributed by atoms with van der Waals surface area (Å²) in [5.41, 5.74) is 0.234. The van der Waals surface area contributed by atoms with E-state index in [1.807, 2.05) is 0 Å². The van der Waals surface area contributed by atoms with Gasteiger partial charge in [-0.05, 0) is 22.6 Å². The Morgan fingerprint density at radius 2 is 2.19 bits per heavy atom. The third-order valence-electron chi connectivity index (χ3n) is 3.20. The molecule has 13 heteroatoms. The van der Waals surface area contributed by atoms with Gasteiger partial charge in [-0.25, -0.2) is 14.1 Å². The van der Waals surface area contributed by atoms with E-state index in [1.165, 1.54) is 29.2 Å². The number of carbonyl (C=O) groups is 1. The Kier molecular flexibility index (Phi) is 4.82. The Labute approximate surface area is 154 Å². The molecule has 0 aliphatic heterocycles. The topological polar surface area (TPSA) is 132 Å². The number of amides is 1. The Morgan fingerprint density at radius 1 is 1.42 bits per heavy atom. The van der Waals surface area contributed by atoms with Gasteiger partial charge in [0.25, 0.3) is 5.91 Å². The molecule has 1 amide bonds. The number of anilines is 1. The molecule has 10 nitrogen and oxygen atoms in total. The van der Waals surface area contributed by atoms with Gasteiger partial charge in [0.15, 0.2) is 10.7 Å². The van der Waals surface area contributed by atoms with Crippen LogP contribution in [0.4, 0.5) is 16.2 Å². The summed E-state index contributed by atoms with van der Waals surface area (Å²) in [6.45, 7) is 0.191. The molecule has 0 spiro atoms. The van der Waals surface area contributed by atoms with E-state index >= 15 is 0 Å². The number of nitrogens with one attached hydrogen (secondary N) is 2. The van der Waals surface area contributed by atoms with Gasteiger partial charge in [0.1, 0.15) is 12.1 Å². The van der Waals surface area contributed by atoms with Crippen molar-refractivity contribution >= 4 is 40.9 Å². The van der Waals surface area contributed by atoms with Gasteiger partial charge in [0.2, 0.25) is 5.95 Å². The fraction of sp³-hybridized carbons (Fsp3) is 0.0769. The maximum atomic E-state index is 13.1. The summed E-state index contributed by atoms with van der Waals surface area (Å²) in [7, 11) is 0. The SMILES string of the molecule is O=C(Nc1ncn(Cc2ccc(F)cc2Cl)n1)c1n[nH]c([N+](=O)[O-])c1Cl. The Morgan fingerprint density at radius 3 is 2.85 bits per heavy atom. The first-order chi connectivity index (χ1) is 12.3. The van der Waals surface area contributed by atoms with Crippen molar-refractivity contribution in [2.45, 2.75) is 6.54 Å². The number of benzene rings is 1. The van der Waals surface area contributed by atoms with E-state index in [0.29, 0.717) is 5.56 Å². The first-order valence-corrected chi connectivity index (χ1v) is 7.63. The first kappa shape index (κ1) is 17.8. The fourth-order valence-corrected chi connectivity index (χ4v) is 2.47. The summed E-state index contributed by atoms with van der Waals surface area (Å²) in [5, 5.41) is 22.4. The van der Waals surface area contributed by atoms with Crippen molar-refractivity contribution in [1.82, 2.24) is 25.0 Å². The van der Waals surface area contributed by atoms with Gasteiger partial charge in [0, 0.05) is 5.02 Å². The van der Waals surface area contributed by atoms with E-state index in [2.05, 4.69) is 25.6 Å². The minimum Gasteiger partial charge on any atom is -0.358 e. The molecule has 0 saturated heterocycles. The zero-order chi connectivity index (χ0) is 18.8. The maximum absolute atomic E-state index is 13.1. The number of aromatic nitrogens is 5. The molecule has 2 aromatic heterocycles. The van der Waals surface area contributed by atoms with E-state index in [9.17, 15) is 19.3 Å². The van der Waals surface area contributed by atoms with Crippen LogP contribution in [0.5, 0.6) is 0 Å². The van der Waals surface area contributed by atoms with Gasteiger partial charge < -0.3 is 10.1 Å². The average Bonchev–Trinajstić information content (AvgIpc) is 3.16. The molecule has 0 fully saturated rings. The number of rotatable bonds is 5. The van der Waals surface area contributed by atoms with Gasteiger partial charge in [-0.3, -0.25) is 10.1 Å². The molecule has 0 saturated carbocycles. The number of hydrogen-bond donors (Lipinski definition) is 2. The van der Waals surface area contributed by atoms with Gasteiger partial charge in [-0.1, -0.05) is 34.4 Å². The van der Waals surface area contributed by atoms with Crippen molar-refractivity contribution in [3.05, 3.63) is 61.8 Å². The van der Waals surface area contributed by atoms with Crippen LogP contribution >= 0.6 is 23.2 Å². The molecular formula is C13H8Cl2FN7O3. The summed E-state index contributed by atoms with van der Waals surface area (Å²) < 4.78 is 14.4. The zero-order valence-corrected chi connectivity index (χ0v) is 14.1. The molecule has 0 aliphatic rings. The number of nitrogens with zero attached hydrogens (tertiary/aromatic N) is 5. The lowest BCUT2D eigenvalue weighted by Gasteiger charge is -2.03. The standard InChI is InChI=1S/C13H8Cl2FN7O3/c14-8-3-7(16)2-1-6(8)4-22-5-17-13(21-22)18-12(24)10-9(15)11(20-19-10)23(25)26/h1-3,5H,4H2,(H,19,20)(H,18,21,24). The molecule has 0 aliphatic carbocycles. The minimum atomic E-state index is -0.822. The van der Waals surface area contributed by atoms with E-state index in [4.69, 9.17) is 23.2 Å². The molecule has 2 N–H and O–H groups in total. The molecule has 3 rings (SSSR count). The third kappa shape index (κ3) is 3.63. The van der Waals surface area contributed by atoms with Gasteiger partial charge in [0.05, 0.1) is 6.54 Å². The van der Waals surface area contributed by atoms with Crippen molar-refractivity contribution in [2.75, 3.05) is 5.32 Å². The lowest BCUT2D eigenvalue weighted by molar-refractivity contribution is -0.389. The smallest absolute Gasteiger partial charge is 0.358 e. The van der Waals surface area contributed by atoms with Gasteiger partial charge in [-0.15, -0.1) is 10.2 Å². The molecule has 1 aromatic carbocycles. The lowest BCUT2D eigenvalue weighted by atomic mass is 10.2. The first-order valence-electron chi connectivity index (χ1n) is 6.88. The lowest BCUT2D eigenvalue weighted by Crippen LogP contribution is -2.14. The van der Waals surface area contributed by atoms with Crippen LogP contribution in [0, 0.1) is 15.9 Å². The Balaban J connectivity index is 1.72. The van der Waals surface area contributed by atoms with Crippen LogP contribution in [0.15, 0.2) is 24.5 Å². The second-order valence-electron chi connectivity index (χ2n) is 4.95. The monoisotopic (exact) mass is 399 g/mol. The molecule has 0 unspecified atom stereocenters. The van der Waals surface area contributed by atoms with Crippen molar-refractivity contribution in [3.8, 4) is 0 Å². The van der Waals surface area contributed by atoms with Crippen LogP contribution in [0.3, 0.4) is 0 Å². The van der Waals surface area contributed by atoms with E-state index in [-0.39, 0.29) is 23.2 Å². The second kappa shape index (κ2) is 7.06. The van der Waals surface area contributed by atoms with E-state index < -0.39 is 27.5 Å². The highest BCUT2D eigenvalue weighted by molar-refractivity contribution is 6.35. The van der Waals surface area contributed by atoms with Crippen LogP contribution < -0.4 is 5.32 Å². The van der Waals surface area contributed by atoms with Crippen molar-refractivity contribution in [1.29, 1.82) is 0 Å². The highest BCUT2D eigenvalue weighted by atomic mass is 35.5. The molecule has 0 radical (unpaired) electrons. The molecule has 26 heavy (non-hydrogen) atoms. The normalized spacial score (nSPS) is 10.7. The number of hydrogen-bond acceptors (Lipinski definition) is 6. The molecular weight excluding hydrogens is 392 g/mol. The summed E-state index contributed by atoms with van der Waals surface area (Å²) in [5.74, 6) is -1.96. The third-order valence-corrected chi connectivity index (χ3v) is 3.91. The quantitative estimate of drug-likeness (QED) is 0.500. The summed E-state index contributed by atoms with van der Waals surface area (Å²) in [6.07, 6.45) is 1.32. The van der Waals surface area contributed by atoms with E-state index in [1.54, 1.807) is 0 Å². The van der Waals surface area contributed by atoms with Gasteiger partial charge in [-0.2, -0.15) is 0 Å². The summed E-state index contributed by atoms with van der Waals surface area (Å²) >= 11 is 11.7. The summed E-state index contributed by atoms with van der Waals surface area (Å²) in [6, 6.07) is 3.93. The predicted octanol–water partition coefficient (Wildman–Crippen LogP) is 2.66. The number of H-pyrrole nitrogens is 1. The van der Waals surface area contributed by atoms with Crippen LogP contribution in [0.2, 0.25) is 10.0 Å². The highest BCUT2D eigenvalue weighted by Gasteiger charge is 2.25. The molecule has 134 valence electrons. The fourth-order valence-electron chi connectivity index (χ4n) is 2.00. The number of nitro groups is 1. The van der Waals surface area contributed by atoms with E-state index in [0.717, 1.165) is 0 Å². The Hall–Kier alpha value is -3.05.